The van der Waals surface area contributed by atoms with Crippen LogP contribution in [0.5, 0.6) is 0 Å². The van der Waals surface area contributed by atoms with Crippen LogP contribution in [-0.2, 0) is 13.1 Å². The highest BCUT2D eigenvalue weighted by molar-refractivity contribution is 5.79. The molecule has 4 aromatic rings. The molecule has 33 heavy (non-hydrogen) atoms. The molecule has 0 aliphatic heterocycles. The molecule has 0 amide bonds. The van der Waals surface area contributed by atoms with E-state index in [1.54, 1.807) is 7.05 Å². The summed E-state index contributed by atoms with van der Waals surface area (Å²) in [5.74, 6) is 0.737. The van der Waals surface area contributed by atoms with E-state index in [-0.39, 0.29) is 0 Å². The highest BCUT2D eigenvalue weighted by Crippen LogP contribution is 2.18. The minimum Gasteiger partial charge on any atom is -0.352 e. The summed E-state index contributed by atoms with van der Waals surface area (Å²) in [6, 6.07) is 20.8. The second kappa shape index (κ2) is 9.73. The Kier molecular flexibility index (Phi) is 6.58. The van der Waals surface area contributed by atoms with Crippen LogP contribution in [0.4, 0.5) is 0 Å². The van der Waals surface area contributed by atoms with Crippen LogP contribution in [0.15, 0.2) is 65.7 Å². The normalized spacial score (nSPS) is 10.8. The lowest BCUT2D eigenvalue weighted by Gasteiger charge is -2.16. The van der Waals surface area contributed by atoms with Gasteiger partial charge in [-0.2, -0.15) is 10.2 Å². The molecule has 0 saturated carbocycles. The number of rotatable bonds is 6. The Labute approximate surface area is 195 Å². The van der Waals surface area contributed by atoms with Crippen molar-refractivity contribution >= 4 is 5.96 Å². The van der Waals surface area contributed by atoms with Crippen molar-refractivity contribution in [1.29, 1.82) is 0 Å². The van der Waals surface area contributed by atoms with E-state index in [0.717, 1.165) is 51.2 Å². The number of para-hydroxylation sites is 2. The SMILES string of the molecule is CN=C(NCc1ccccc1-n1nc(C)cc1C)NCc1ccccc1-n1nc(C)cc1C. The number of benzene rings is 2. The van der Waals surface area contributed by atoms with E-state index in [4.69, 9.17) is 0 Å². The van der Waals surface area contributed by atoms with E-state index in [9.17, 15) is 0 Å². The number of aryl methyl sites for hydroxylation is 4. The van der Waals surface area contributed by atoms with Gasteiger partial charge in [0.1, 0.15) is 0 Å². The summed E-state index contributed by atoms with van der Waals surface area (Å²) < 4.78 is 3.99. The van der Waals surface area contributed by atoms with Gasteiger partial charge in [-0.15, -0.1) is 0 Å². The zero-order chi connectivity index (χ0) is 23.4. The summed E-state index contributed by atoms with van der Waals surface area (Å²) in [5.41, 5.74) is 8.68. The van der Waals surface area contributed by atoms with Crippen molar-refractivity contribution in [2.45, 2.75) is 40.8 Å². The molecule has 2 aromatic carbocycles. The monoisotopic (exact) mass is 441 g/mol. The average molecular weight is 442 g/mol. The van der Waals surface area contributed by atoms with Gasteiger partial charge in [0.15, 0.2) is 5.96 Å². The van der Waals surface area contributed by atoms with Gasteiger partial charge in [0.05, 0.1) is 22.8 Å². The van der Waals surface area contributed by atoms with Crippen LogP contribution in [0.2, 0.25) is 0 Å². The van der Waals surface area contributed by atoms with Crippen molar-refractivity contribution in [2.75, 3.05) is 7.05 Å². The first-order valence-corrected chi connectivity index (χ1v) is 11.1. The topological polar surface area (TPSA) is 72.1 Å². The Balaban J connectivity index is 1.47. The molecule has 0 spiro atoms. The third-order valence-electron chi connectivity index (χ3n) is 5.57. The Morgan fingerprint density at radius 2 is 1.15 bits per heavy atom. The molecule has 2 heterocycles. The van der Waals surface area contributed by atoms with E-state index in [2.05, 4.69) is 76.1 Å². The maximum Gasteiger partial charge on any atom is 0.191 e. The Bertz CT molecular complexity index is 1180. The van der Waals surface area contributed by atoms with Crippen molar-refractivity contribution in [3.63, 3.8) is 0 Å². The Morgan fingerprint density at radius 1 is 0.727 bits per heavy atom. The summed E-state index contributed by atoms with van der Waals surface area (Å²) in [4.78, 5) is 4.42. The maximum atomic E-state index is 4.65. The van der Waals surface area contributed by atoms with Crippen molar-refractivity contribution in [1.82, 2.24) is 30.2 Å². The van der Waals surface area contributed by atoms with Gasteiger partial charge in [-0.1, -0.05) is 36.4 Å². The minimum absolute atomic E-state index is 0.632. The van der Waals surface area contributed by atoms with Crippen LogP contribution in [0.25, 0.3) is 11.4 Å². The largest absolute Gasteiger partial charge is 0.352 e. The highest BCUT2D eigenvalue weighted by Gasteiger charge is 2.11. The third kappa shape index (κ3) is 4.98. The van der Waals surface area contributed by atoms with Crippen LogP contribution < -0.4 is 10.6 Å². The van der Waals surface area contributed by atoms with Crippen LogP contribution in [0.1, 0.15) is 33.9 Å². The molecule has 2 aromatic heterocycles. The van der Waals surface area contributed by atoms with Crippen LogP contribution in [0, 0.1) is 27.7 Å². The molecule has 0 aliphatic rings. The zero-order valence-electron chi connectivity index (χ0n) is 19.9. The molecule has 2 N–H and O–H groups in total. The van der Waals surface area contributed by atoms with Crippen LogP contribution >= 0.6 is 0 Å². The second-order valence-corrected chi connectivity index (χ2v) is 8.21. The van der Waals surface area contributed by atoms with Crippen LogP contribution in [0.3, 0.4) is 0 Å². The third-order valence-corrected chi connectivity index (χ3v) is 5.57. The molecule has 0 atom stereocenters. The zero-order valence-corrected chi connectivity index (χ0v) is 19.9. The summed E-state index contributed by atoms with van der Waals surface area (Å²) in [6.45, 7) is 9.44. The molecule has 4 rings (SSSR count). The maximum absolute atomic E-state index is 4.65. The van der Waals surface area contributed by atoms with Gasteiger partial charge in [0, 0.05) is 31.5 Å². The number of hydrogen-bond donors (Lipinski definition) is 2. The number of nitrogens with one attached hydrogen (secondary N) is 2. The average Bonchev–Trinajstić information content (AvgIpc) is 3.33. The molecular formula is C26H31N7. The number of aromatic nitrogens is 4. The van der Waals surface area contributed by atoms with Gasteiger partial charge in [-0.05, 0) is 63.1 Å². The fraction of sp³-hybridized carbons (Fsp3) is 0.269. The predicted molar refractivity (Wildman–Crippen MR) is 133 cm³/mol. The second-order valence-electron chi connectivity index (χ2n) is 8.21. The molecular weight excluding hydrogens is 410 g/mol. The van der Waals surface area contributed by atoms with Gasteiger partial charge < -0.3 is 10.6 Å². The summed E-state index contributed by atoms with van der Waals surface area (Å²) >= 11 is 0. The first-order chi connectivity index (χ1) is 16.0. The fourth-order valence-electron chi connectivity index (χ4n) is 4.06. The van der Waals surface area contributed by atoms with Crippen molar-refractivity contribution in [2.24, 2.45) is 4.99 Å². The highest BCUT2D eigenvalue weighted by atomic mass is 15.3. The standard InChI is InChI=1S/C26H31N7/c1-18-14-20(3)32(30-18)24-12-8-6-10-22(24)16-28-26(27-5)29-17-23-11-7-9-13-25(23)33-21(4)15-19(2)31-33/h6-15H,16-17H2,1-5H3,(H2,27,28,29). The molecule has 0 radical (unpaired) electrons. The van der Waals surface area contributed by atoms with Gasteiger partial charge in [-0.25, -0.2) is 9.36 Å². The lowest BCUT2D eigenvalue weighted by molar-refractivity contribution is 0.770. The molecule has 170 valence electrons. The van der Waals surface area contributed by atoms with Gasteiger partial charge >= 0.3 is 0 Å². The molecule has 7 nitrogen and oxygen atoms in total. The molecule has 0 unspecified atom stereocenters. The van der Waals surface area contributed by atoms with E-state index in [0.29, 0.717) is 13.1 Å². The minimum atomic E-state index is 0.632. The van der Waals surface area contributed by atoms with Crippen molar-refractivity contribution in [3.8, 4) is 11.4 Å². The quantitative estimate of drug-likeness (QED) is 0.348. The molecule has 0 fully saturated rings. The van der Waals surface area contributed by atoms with E-state index in [1.807, 2.05) is 47.5 Å². The smallest absolute Gasteiger partial charge is 0.191 e. The summed E-state index contributed by atoms with van der Waals surface area (Å²) in [7, 11) is 1.79. The van der Waals surface area contributed by atoms with E-state index in [1.165, 1.54) is 0 Å². The van der Waals surface area contributed by atoms with Gasteiger partial charge in [-0.3, -0.25) is 4.99 Å². The Morgan fingerprint density at radius 3 is 1.52 bits per heavy atom. The predicted octanol–water partition coefficient (Wildman–Crippen LogP) is 4.16. The lowest BCUT2D eigenvalue weighted by Crippen LogP contribution is -2.36. The van der Waals surface area contributed by atoms with Gasteiger partial charge in [0.2, 0.25) is 0 Å². The van der Waals surface area contributed by atoms with Crippen LogP contribution in [-0.4, -0.2) is 32.6 Å². The number of nitrogens with zero attached hydrogens (tertiary/aromatic N) is 5. The first kappa shape index (κ1) is 22.3. The molecule has 0 bridgehead atoms. The van der Waals surface area contributed by atoms with Gasteiger partial charge in [0.25, 0.3) is 0 Å². The summed E-state index contributed by atoms with van der Waals surface area (Å²) in [6.07, 6.45) is 0. The van der Waals surface area contributed by atoms with Crippen molar-refractivity contribution < 1.29 is 0 Å². The lowest BCUT2D eigenvalue weighted by atomic mass is 10.1. The number of guanidine groups is 1. The Hall–Kier alpha value is -3.87. The fourth-order valence-corrected chi connectivity index (χ4v) is 4.06. The first-order valence-electron chi connectivity index (χ1n) is 11.1. The molecule has 0 aliphatic carbocycles. The summed E-state index contributed by atoms with van der Waals surface area (Å²) in [5, 5.41) is 16.2. The molecule has 7 heteroatoms. The number of hydrogen-bond acceptors (Lipinski definition) is 3. The molecule has 0 saturated heterocycles. The van der Waals surface area contributed by atoms with E-state index >= 15 is 0 Å². The van der Waals surface area contributed by atoms with Crippen molar-refractivity contribution in [3.05, 3.63) is 94.6 Å². The van der Waals surface area contributed by atoms with E-state index < -0.39 is 0 Å². The number of aliphatic imine (C=N–C) groups is 1.